The van der Waals surface area contributed by atoms with Crippen LogP contribution in [0.3, 0.4) is 0 Å². The monoisotopic (exact) mass is 300 g/mol. The predicted molar refractivity (Wildman–Crippen MR) is 87.6 cm³/mol. The summed E-state index contributed by atoms with van der Waals surface area (Å²) in [5, 5.41) is 9.49. The van der Waals surface area contributed by atoms with Crippen LogP contribution in [0.1, 0.15) is 12.5 Å². The van der Waals surface area contributed by atoms with E-state index in [1.54, 1.807) is 11.8 Å². The Morgan fingerprint density at radius 1 is 1.05 bits per heavy atom. The third-order valence-electron chi connectivity index (χ3n) is 3.56. The van der Waals surface area contributed by atoms with Crippen molar-refractivity contribution in [1.29, 1.82) is 0 Å². The molecule has 110 valence electrons. The highest BCUT2D eigenvalue weighted by Gasteiger charge is 2.25. The van der Waals surface area contributed by atoms with Gasteiger partial charge in [0.25, 0.3) is 0 Å². The van der Waals surface area contributed by atoms with Crippen LogP contribution in [0.15, 0.2) is 65.6 Å². The van der Waals surface area contributed by atoms with Crippen molar-refractivity contribution in [2.45, 2.75) is 18.2 Å². The van der Waals surface area contributed by atoms with Gasteiger partial charge in [0, 0.05) is 10.6 Å². The molecule has 0 aliphatic rings. The van der Waals surface area contributed by atoms with Crippen LogP contribution in [-0.4, -0.2) is 16.8 Å². The smallest absolute Gasteiger partial charge is 0.307 e. The van der Waals surface area contributed by atoms with Crippen molar-refractivity contribution in [2.24, 2.45) is 11.8 Å². The Morgan fingerprint density at radius 3 is 2.19 bits per heavy atom. The third kappa shape index (κ3) is 4.94. The summed E-state index contributed by atoms with van der Waals surface area (Å²) in [6, 6.07) is 20.0. The molecular weight excluding hydrogens is 280 g/mol. The van der Waals surface area contributed by atoms with Crippen molar-refractivity contribution in [3.63, 3.8) is 0 Å². The van der Waals surface area contributed by atoms with Gasteiger partial charge in [-0.05, 0) is 30.0 Å². The average Bonchev–Trinajstić information content (AvgIpc) is 2.52. The fraction of sp³-hybridized carbons (Fsp3) is 0.278. The van der Waals surface area contributed by atoms with E-state index in [9.17, 15) is 9.90 Å². The second-order valence-corrected chi connectivity index (χ2v) is 6.33. The molecule has 0 aromatic heterocycles. The molecule has 0 amide bonds. The van der Waals surface area contributed by atoms with Crippen LogP contribution in [0.25, 0.3) is 0 Å². The van der Waals surface area contributed by atoms with Gasteiger partial charge in [0.1, 0.15) is 0 Å². The summed E-state index contributed by atoms with van der Waals surface area (Å²) in [7, 11) is 0. The zero-order valence-electron chi connectivity index (χ0n) is 12.1. The lowest BCUT2D eigenvalue weighted by Crippen LogP contribution is -2.25. The molecule has 0 spiro atoms. The van der Waals surface area contributed by atoms with Gasteiger partial charge in [0.05, 0.1) is 5.92 Å². The van der Waals surface area contributed by atoms with Gasteiger partial charge >= 0.3 is 5.97 Å². The molecule has 0 aliphatic heterocycles. The third-order valence-corrected chi connectivity index (χ3v) is 4.86. The number of aliphatic carboxylic acids is 1. The van der Waals surface area contributed by atoms with E-state index in [2.05, 4.69) is 12.1 Å². The summed E-state index contributed by atoms with van der Waals surface area (Å²) in [4.78, 5) is 12.7. The molecule has 0 saturated carbocycles. The Balaban J connectivity index is 1.96. The molecule has 2 nitrogen and oxygen atoms in total. The molecule has 0 radical (unpaired) electrons. The first-order valence-corrected chi connectivity index (χ1v) is 8.10. The highest BCUT2D eigenvalue weighted by molar-refractivity contribution is 7.99. The molecule has 2 rings (SSSR count). The quantitative estimate of drug-likeness (QED) is 0.772. The van der Waals surface area contributed by atoms with E-state index in [4.69, 9.17) is 0 Å². The number of carbonyl (C=O) groups is 1. The Labute approximate surface area is 130 Å². The Hall–Kier alpha value is -1.74. The number of rotatable bonds is 7. The Bertz CT molecular complexity index is 554. The standard InChI is InChI=1S/C18H20O2S/c1-14(13-21-16-10-6-3-7-11-16)17(18(19)20)12-15-8-4-2-5-9-15/h2-11,14,17H,12-13H2,1H3,(H,19,20)/t14-,17?/m1/s1. The zero-order chi connectivity index (χ0) is 15.1. The maximum atomic E-state index is 11.5. The van der Waals surface area contributed by atoms with Crippen molar-refractivity contribution in [3.8, 4) is 0 Å². The van der Waals surface area contributed by atoms with Gasteiger partial charge in [-0.25, -0.2) is 0 Å². The molecule has 1 unspecified atom stereocenters. The first kappa shape index (κ1) is 15.6. The SMILES string of the molecule is C[C@H](CSc1ccccc1)C(Cc1ccccc1)C(=O)O. The van der Waals surface area contributed by atoms with Crippen LogP contribution < -0.4 is 0 Å². The number of thioether (sulfide) groups is 1. The van der Waals surface area contributed by atoms with Crippen LogP contribution in [0, 0.1) is 11.8 Å². The summed E-state index contributed by atoms with van der Waals surface area (Å²) < 4.78 is 0. The molecule has 3 heteroatoms. The molecule has 1 N–H and O–H groups in total. The van der Waals surface area contributed by atoms with Gasteiger partial charge in [-0.3, -0.25) is 4.79 Å². The van der Waals surface area contributed by atoms with Gasteiger partial charge in [-0.15, -0.1) is 11.8 Å². The lowest BCUT2D eigenvalue weighted by Gasteiger charge is -2.20. The number of carboxylic acids is 1. The first-order valence-electron chi connectivity index (χ1n) is 7.11. The lowest BCUT2D eigenvalue weighted by molar-refractivity contribution is -0.143. The summed E-state index contributed by atoms with van der Waals surface area (Å²) in [5.74, 6) is -0.120. The van der Waals surface area contributed by atoms with E-state index in [0.29, 0.717) is 6.42 Å². The van der Waals surface area contributed by atoms with Gasteiger partial charge in [-0.2, -0.15) is 0 Å². The second-order valence-electron chi connectivity index (χ2n) is 5.24. The molecule has 21 heavy (non-hydrogen) atoms. The average molecular weight is 300 g/mol. The summed E-state index contributed by atoms with van der Waals surface area (Å²) in [6.45, 7) is 2.03. The van der Waals surface area contributed by atoms with Crippen LogP contribution >= 0.6 is 11.8 Å². The van der Waals surface area contributed by atoms with E-state index < -0.39 is 5.97 Å². The zero-order valence-corrected chi connectivity index (χ0v) is 12.9. The lowest BCUT2D eigenvalue weighted by atomic mass is 9.89. The maximum Gasteiger partial charge on any atom is 0.307 e. The van der Waals surface area contributed by atoms with E-state index in [1.165, 1.54) is 4.90 Å². The normalized spacial score (nSPS) is 13.6. The number of benzene rings is 2. The summed E-state index contributed by atoms with van der Waals surface area (Å²) >= 11 is 1.72. The number of hydrogen-bond donors (Lipinski definition) is 1. The van der Waals surface area contributed by atoms with Crippen LogP contribution in [0.2, 0.25) is 0 Å². The van der Waals surface area contributed by atoms with Crippen molar-refractivity contribution in [1.82, 2.24) is 0 Å². The van der Waals surface area contributed by atoms with Gasteiger partial charge in [0.2, 0.25) is 0 Å². The summed E-state index contributed by atoms with van der Waals surface area (Å²) in [5.41, 5.74) is 1.08. The Morgan fingerprint density at radius 2 is 1.62 bits per heavy atom. The van der Waals surface area contributed by atoms with Crippen LogP contribution in [0.5, 0.6) is 0 Å². The Kier molecular flexibility index (Phi) is 5.88. The molecule has 0 aliphatic carbocycles. The van der Waals surface area contributed by atoms with Crippen molar-refractivity contribution in [2.75, 3.05) is 5.75 Å². The maximum absolute atomic E-state index is 11.5. The molecule has 2 aromatic rings. The molecule has 0 heterocycles. The first-order chi connectivity index (χ1) is 10.2. The van der Waals surface area contributed by atoms with Crippen LogP contribution in [-0.2, 0) is 11.2 Å². The highest BCUT2D eigenvalue weighted by Crippen LogP contribution is 2.26. The summed E-state index contributed by atoms with van der Waals surface area (Å²) in [6.07, 6.45) is 0.590. The van der Waals surface area contributed by atoms with Crippen LogP contribution in [0.4, 0.5) is 0 Å². The van der Waals surface area contributed by atoms with Crippen molar-refractivity contribution in [3.05, 3.63) is 66.2 Å². The fourth-order valence-corrected chi connectivity index (χ4v) is 3.30. The van der Waals surface area contributed by atoms with Crippen molar-refractivity contribution >= 4 is 17.7 Å². The topological polar surface area (TPSA) is 37.3 Å². The van der Waals surface area contributed by atoms with E-state index in [-0.39, 0.29) is 11.8 Å². The van der Waals surface area contributed by atoms with Crippen molar-refractivity contribution < 1.29 is 9.90 Å². The molecule has 0 bridgehead atoms. The molecule has 0 saturated heterocycles. The molecule has 2 aromatic carbocycles. The second kappa shape index (κ2) is 7.89. The van der Waals surface area contributed by atoms with Gasteiger partial charge in [-0.1, -0.05) is 55.5 Å². The molecule has 0 fully saturated rings. The van der Waals surface area contributed by atoms with E-state index in [0.717, 1.165) is 11.3 Å². The number of hydrogen-bond acceptors (Lipinski definition) is 2. The minimum atomic E-state index is -0.708. The minimum Gasteiger partial charge on any atom is -0.481 e. The minimum absolute atomic E-state index is 0.118. The predicted octanol–water partition coefficient (Wildman–Crippen LogP) is 4.36. The molecule has 2 atom stereocenters. The van der Waals surface area contributed by atoms with Gasteiger partial charge in [0.15, 0.2) is 0 Å². The number of carboxylic acid groups (broad SMARTS) is 1. The van der Waals surface area contributed by atoms with E-state index >= 15 is 0 Å². The fourth-order valence-electron chi connectivity index (χ4n) is 2.26. The molecular formula is C18H20O2S. The largest absolute Gasteiger partial charge is 0.481 e. The van der Waals surface area contributed by atoms with E-state index in [1.807, 2.05) is 55.5 Å². The highest BCUT2D eigenvalue weighted by atomic mass is 32.2. The van der Waals surface area contributed by atoms with Gasteiger partial charge < -0.3 is 5.11 Å².